The Bertz CT molecular complexity index is 580. The van der Waals surface area contributed by atoms with E-state index in [1.807, 2.05) is 0 Å². The molecule has 1 aromatic carbocycles. The van der Waals surface area contributed by atoms with Crippen molar-refractivity contribution in [1.82, 2.24) is 4.90 Å². The number of carbonyl (C=O) groups is 2. The number of aliphatic carboxylic acids is 1. The van der Waals surface area contributed by atoms with Gasteiger partial charge in [0.2, 0.25) is 11.6 Å². The molecule has 1 fully saturated rings. The zero-order chi connectivity index (χ0) is 15.6. The number of alkyl halides is 1. The van der Waals surface area contributed by atoms with Gasteiger partial charge in [0.1, 0.15) is 5.75 Å². The van der Waals surface area contributed by atoms with Crippen LogP contribution in [0.15, 0.2) is 22.7 Å². The molecule has 5 nitrogen and oxygen atoms in total. The van der Waals surface area contributed by atoms with Crippen molar-refractivity contribution in [2.45, 2.75) is 18.5 Å². The summed E-state index contributed by atoms with van der Waals surface area (Å²) < 4.78 is 20.0. The maximum absolute atomic E-state index is 14.0. The largest absolute Gasteiger partial charge is 0.496 e. The van der Waals surface area contributed by atoms with Gasteiger partial charge in [-0.1, -0.05) is 15.9 Å². The number of nitrogens with zero attached hydrogens (tertiary/aromatic N) is 1. The van der Waals surface area contributed by atoms with Crippen LogP contribution in [0.4, 0.5) is 4.39 Å². The SMILES string of the molecule is COc1ccc(Br)cc1CC(=O)N1CCC(F)(C(=O)O)C1. The minimum absolute atomic E-state index is 0.0400. The molecule has 1 aromatic rings. The third-order valence-electron chi connectivity index (χ3n) is 3.54. The highest BCUT2D eigenvalue weighted by Gasteiger charge is 2.46. The quantitative estimate of drug-likeness (QED) is 0.892. The van der Waals surface area contributed by atoms with Crippen molar-refractivity contribution in [2.24, 2.45) is 0 Å². The minimum Gasteiger partial charge on any atom is -0.496 e. The highest BCUT2D eigenvalue weighted by Crippen LogP contribution is 2.28. The summed E-state index contributed by atoms with van der Waals surface area (Å²) in [6.07, 6.45) is -0.137. The van der Waals surface area contributed by atoms with E-state index in [1.54, 1.807) is 18.2 Å². The number of benzene rings is 1. The average molecular weight is 360 g/mol. The van der Waals surface area contributed by atoms with Crippen molar-refractivity contribution in [3.05, 3.63) is 28.2 Å². The number of carbonyl (C=O) groups excluding carboxylic acids is 1. The predicted octanol–water partition coefficient (Wildman–Crippen LogP) is 2.03. The number of hydrogen-bond donors (Lipinski definition) is 1. The first kappa shape index (κ1) is 15.8. The Balaban J connectivity index is 2.10. The Labute approximate surface area is 129 Å². The Hall–Kier alpha value is -1.63. The molecule has 0 spiro atoms. The van der Waals surface area contributed by atoms with E-state index < -0.39 is 18.2 Å². The maximum Gasteiger partial charge on any atom is 0.343 e. The number of carboxylic acid groups (broad SMARTS) is 1. The zero-order valence-corrected chi connectivity index (χ0v) is 13.0. The molecular weight excluding hydrogens is 345 g/mol. The molecule has 1 aliphatic rings. The second-order valence-corrected chi connectivity index (χ2v) is 5.88. The number of rotatable bonds is 4. The van der Waals surface area contributed by atoms with Crippen molar-refractivity contribution in [3.8, 4) is 5.75 Å². The lowest BCUT2D eigenvalue weighted by Crippen LogP contribution is -2.39. The molecule has 114 valence electrons. The van der Waals surface area contributed by atoms with Crippen LogP contribution in [0.5, 0.6) is 5.75 Å². The van der Waals surface area contributed by atoms with E-state index in [0.717, 1.165) is 4.47 Å². The number of amides is 1. The Kier molecular flexibility index (Phi) is 4.51. The van der Waals surface area contributed by atoms with Crippen molar-refractivity contribution in [3.63, 3.8) is 0 Å². The first-order valence-corrected chi connectivity index (χ1v) is 7.17. The van der Waals surface area contributed by atoms with Gasteiger partial charge in [-0.3, -0.25) is 4.79 Å². The average Bonchev–Trinajstić information content (AvgIpc) is 2.83. The van der Waals surface area contributed by atoms with Crippen LogP contribution in [0, 0.1) is 0 Å². The lowest BCUT2D eigenvalue weighted by molar-refractivity contribution is -0.150. The monoisotopic (exact) mass is 359 g/mol. The number of likely N-dealkylation sites (tertiary alicyclic amines) is 1. The van der Waals surface area contributed by atoms with Crippen molar-refractivity contribution >= 4 is 27.8 Å². The van der Waals surface area contributed by atoms with Gasteiger partial charge in [-0.2, -0.15) is 0 Å². The molecule has 7 heteroatoms. The molecule has 0 bridgehead atoms. The van der Waals surface area contributed by atoms with Crippen LogP contribution in [0.2, 0.25) is 0 Å². The van der Waals surface area contributed by atoms with Gasteiger partial charge >= 0.3 is 5.97 Å². The fourth-order valence-corrected chi connectivity index (χ4v) is 2.73. The lowest BCUT2D eigenvalue weighted by atomic mass is 10.1. The standard InChI is InChI=1S/C14H15BrFNO4/c1-21-11-3-2-10(15)6-9(11)7-12(18)17-5-4-14(16,8-17)13(19)20/h2-3,6H,4-5,7-8H2,1H3,(H,19,20). The number of halogens is 2. The summed E-state index contributed by atoms with van der Waals surface area (Å²) in [5.41, 5.74) is -1.67. The molecule has 2 rings (SSSR count). The summed E-state index contributed by atoms with van der Waals surface area (Å²) in [4.78, 5) is 24.3. The lowest BCUT2D eigenvalue weighted by Gasteiger charge is -2.18. The minimum atomic E-state index is -2.34. The van der Waals surface area contributed by atoms with Gasteiger partial charge in [0, 0.05) is 23.0 Å². The molecule has 0 saturated carbocycles. The first-order chi connectivity index (χ1) is 9.85. The summed E-state index contributed by atoms with van der Waals surface area (Å²) in [7, 11) is 1.50. The summed E-state index contributed by atoms with van der Waals surface area (Å²) in [6.45, 7) is -0.296. The van der Waals surface area contributed by atoms with E-state index >= 15 is 0 Å². The van der Waals surface area contributed by atoms with Crippen LogP contribution >= 0.6 is 15.9 Å². The second kappa shape index (κ2) is 6.01. The molecule has 0 aromatic heterocycles. The van der Waals surface area contributed by atoms with E-state index in [4.69, 9.17) is 9.84 Å². The van der Waals surface area contributed by atoms with Gasteiger partial charge in [0.25, 0.3) is 0 Å². The summed E-state index contributed by atoms with van der Waals surface area (Å²) in [5.74, 6) is -1.26. The van der Waals surface area contributed by atoms with Gasteiger partial charge in [0.15, 0.2) is 0 Å². The Morgan fingerprint density at radius 2 is 2.24 bits per heavy atom. The third kappa shape index (κ3) is 3.34. The fourth-order valence-electron chi connectivity index (χ4n) is 2.32. The number of carboxylic acids is 1. The molecule has 1 unspecified atom stereocenters. The van der Waals surface area contributed by atoms with Crippen LogP contribution < -0.4 is 4.74 Å². The van der Waals surface area contributed by atoms with Crippen molar-refractivity contribution < 1.29 is 23.8 Å². The van der Waals surface area contributed by atoms with Crippen LogP contribution in [0.1, 0.15) is 12.0 Å². The molecule has 1 atom stereocenters. The molecule has 0 aliphatic carbocycles. The van der Waals surface area contributed by atoms with Gasteiger partial charge in [0.05, 0.1) is 20.1 Å². The smallest absolute Gasteiger partial charge is 0.343 e. The highest BCUT2D eigenvalue weighted by molar-refractivity contribution is 9.10. The number of hydrogen-bond acceptors (Lipinski definition) is 3. The third-order valence-corrected chi connectivity index (χ3v) is 4.03. The predicted molar refractivity (Wildman–Crippen MR) is 77.1 cm³/mol. The molecule has 1 N–H and O–H groups in total. The second-order valence-electron chi connectivity index (χ2n) is 4.97. The van der Waals surface area contributed by atoms with E-state index in [-0.39, 0.29) is 25.3 Å². The summed E-state index contributed by atoms with van der Waals surface area (Å²) in [6, 6.07) is 5.28. The summed E-state index contributed by atoms with van der Waals surface area (Å²) in [5, 5.41) is 8.84. The molecule has 1 amide bonds. The molecule has 21 heavy (non-hydrogen) atoms. The molecule has 1 aliphatic heterocycles. The van der Waals surface area contributed by atoms with Crippen LogP contribution in [0.3, 0.4) is 0 Å². The zero-order valence-electron chi connectivity index (χ0n) is 11.4. The van der Waals surface area contributed by atoms with Gasteiger partial charge < -0.3 is 14.7 Å². The van der Waals surface area contributed by atoms with Crippen LogP contribution in [-0.4, -0.2) is 47.8 Å². The van der Waals surface area contributed by atoms with Crippen LogP contribution in [0.25, 0.3) is 0 Å². The highest BCUT2D eigenvalue weighted by atomic mass is 79.9. The Morgan fingerprint density at radius 3 is 2.81 bits per heavy atom. The van der Waals surface area contributed by atoms with Crippen molar-refractivity contribution in [2.75, 3.05) is 20.2 Å². The molecule has 1 heterocycles. The van der Waals surface area contributed by atoms with Gasteiger partial charge in [-0.15, -0.1) is 0 Å². The van der Waals surface area contributed by atoms with Crippen LogP contribution in [-0.2, 0) is 16.0 Å². The van der Waals surface area contributed by atoms with Crippen molar-refractivity contribution in [1.29, 1.82) is 0 Å². The van der Waals surface area contributed by atoms with E-state index in [2.05, 4.69) is 15.9 Å². The molecular formula is C14H15BrFNO4. The number of methoxy groups -OCH3 is 1. The topological polar surface area (TPSA) is 66.8 Å². The maximum atomic E-state index is 14.0. The first-order valence-electron chi connectivity index (χ1n) is 6.38. The Morgan fingerprint density at radius 1 is 1.52 bits per heavy atom. The molecule has 1 saturated heterocycles. The fraction of sp³-hybridized carbons (Fsp3) is 0.429. The summed E-state index contributed by atoms with van der Waals surface area (Å²) >= 11 is 3.32. The normalized spacial score (nSPS) is 21.4. The van der Waals surface area contributed by atoms with E-state index in [0.29, 0.717) is 11.3 Å². The van der Waals surface area contributed by atoms with Gasteiger partial charge in [-0.05, 0) is 18.2 Å². The molecule has 0 radical (unpaired) electrons. The van der Waals surface area contributed by atoms with E-state index in [9.17, 15) is 14.0 Å². The van der Waals surface area contributed by atoms with E-state index in [1.165, 1.54) is 12.0 Å². The number of ether oxygens (including phenoxy) is 1. The van der Waals surface area contributed by atoms with Gasteiger partial charge in [-0.25, -0.2) is 9.18 Å².